The van der Waals surface area contributed by atoms with Crippen molar-refractivity contribution in [2.24, 2.45) is 0 Å². The Morgan fingerprint density at radius 1 is 0.923 bits per heavy atom. The lowest BCUT2D eigenvalue weighted by Crippen LogP contribution is -2.49. The number of benzene rings is 3. The van der Waals surface area contributed by atoms with Crippen LogP contribution in [0.15, 0.2) is 77.6 Å². The molecule has 0 amide bonds. The van der Waals surface area contributed by atoms with Gasteiger partial charge < -0.3 is 38.1 Å². The number of halogens is 3. The summed E-state index contributed by atoms with van der Waals surface area (Å²) in [6.45, 7) is 7.92. The second kappa shape index (κ2) is 19.0. The van der Waals surface area contributed by atoms with Gasteiger partial charge in [0.05, 0.1) is 38.7 Å². The van der Waals surface area contributed by atoms with Crippen LogP contribution in [0.3, 0.4) is 0 Å². The Bertz CT molecular complexity index is 2870. The van der Waals surface area contributed by atoms with Gasteiger partial charge in [-0.25, -0.2) is 24.7 Å². The van der Waals surface area contributed by atoms with E-state index in [1.165, 1.54) is 17.7 Å². The van der Waals surface area contributed by atoms with E-state index in [0.29, 0.717) is 99.8 Å². The number of thiophene rings is 1. The first-order valence-corrected chi connectivity index (χ1v) is 22.7. The summed E-state index contributed by atoms with van der Waals surface area (Å²) in [7, 11) is 3.70. The van der Waals surface area contributed by atoms with E-state index in [1.807, 2.05) is 38.1 Å². The Labute approximate surface area is 393 Å². The highest BCUT2D eigenvalue weighted by atomic mass is 35.5. The molecule has 14 nitrogen and oxygen atoms in total. The number of aliphatic carboxylic acids is 1. The molecule has 3 aliphatic heterocycles. The Morgan fingerprint density at radius 2 is 1.71 bits per heavy atom. The fourth-order valence-corrected chi connectivity index (χ4v) is 9.87. The van der Waals surface area contributed by atoms with Crippen LogP contribution in [0.25, 0.3) is 43.4 Å². The third-order valence-electron chi connectivity index (χ3n) is 11.5. The van der Waals surface area contributed by atoms with Gasteiger partial charge in [-0.3, -0.25) is 4.90 Å². The molecular weight excluding hydrogens is 915 g/mol. The van der Waals surface area contributed by atoms with Crippen LogP contribution in [0.2, 0.25) is 15.3 Å². The molecule has 1 fully saturated rings. The van der Waals surface area contributed by atoms with Crippen molar-refractivity contribution >= 4 is 62.3 Å². The zero-order valence-corrected chi connectivity index (χ0v) is 38.9. The number of ether oxygens (including phenoxy) is 5. The summed E-state index contributed by atoms with van der Waals surface area (Å²) < 4.78 is 37.8. The quantitative estimate of drug-likeness (QED) is 0.146. The van der Waals surface area contributed by atoms with Gasteiger partial charge in [0.15, 0.2) is 16.8 Å². The molecule has 7 aromatic rings. The monoisotopic (exact) mass is 956 g/mol. The zero-order chi connectivity index (χ0) is 45.4. The van der Waals surface area contributed by atoms with E-state index < -0.39 is 18.2 Å². The summed E-state index contributed by atoms with van der Waals surface area (Å²) in [5.74, 6) is 1.52. The summed E-state index contributed by atoms with van der Waals surface area (Å²) >= 11 is 22.3. The minimum Gasteiger partial charge on any atom is -0.496 e. The number of fused-ring (bicyclic) bond motifs is 7. The molecule has 1 saturated heterocycles. The van der Waals surface area contributed by atoms with E-state index >= 15 is 0 Å². The number of hydrogen-bond donors (Lipinski definition) is 1. The van der Waals surface area contributed by atoms with Gasteiger partial charge >= 0.3 is 5.97 Å². The van der Waals surface area contributed by atoms with E-state index in [-0.39, 0.29) is 30.7 Å². The first kappa shape index (κ1) is 44.5. The lowest BCUT2D eigenvalue weighted by Gasteiger charge is -2.35. The predicted molar refractivity (Wildman–Crippen MR) is 249 cm³/mol. The first-order chi connectivity index (χ1) is 31.4. The fraction of sp³-hybridized carbons (Fsp3) is 0.298. The standard InChI is InChI=1S/C47H43Cl3N6O8S/c1-25-37-26(2)41(50)42(40(25)49)62-30(21-56-17-15-55(3)16-18-56)23-60-29-9-10-32(61-22-28-13-14-51-44(54-28)31-7-5-6-8-33(31)59-4)27(19-29)20-35(47(57)58)64-45-39-38(37)43(34-11-12-36(48)63-34)65-46(39)53-24-52-45/h5-14,19,24,30,35H,15-18,20-23H2,1-4H3,(H,57,58)/t30-,35-/m1/s1. The van der Waals surface area contributed by atoms with Crippen molar-refractivity contribution in [3.05, 3.63) is 111 Å². The highest BCUT2D eigenvalue weighted by molar-refractivity contribution is 7.22. The largest absolute Gasteiger partial charge is 0.496 e. The third-order valence-corrected chi connectivity index (χ3v) is 13.7. The lowest BCUT2D eigenvalue weighted by molar-refractivity contribution is -0.145. The van der Waals surface area contributed by atoms with Crippen LogP contribution in [0, 0.1) is 13.8 Å². The average Bonchev–Trinajstić information content (AvgIpc) is 3.92. The van der Waals surface area contributed by atoms with Crippen LogP contribution in [-0.2, 0) is 17.8 Å². The summed E-state index contributed by atoms with van der Waals surface area (Å²) in [6.07, 6.45) is 0.855. The van der Waals surface area contributed by atoms with Gasteiger partial charge in [0.25, 0.3) is 0 Å². The number of rotatable bonds is 9. The van der Waals surface area contributed by atoms with Crippen molar-refractivity contribution in [1.29, 1.82) is 0 Å². The van der Waals surface area contributed by atoms with Gasteiger partial charge in [0, 0.05) is 56.5 Å². The molecule has 18 heteroatoms. The molecule has 0 aliphatic carbocycles. The summed E-state index contributed by atoms with van der Waals surface area (Å²) in [5.41, 5.74) is 4.37. The second-order valence-electron chi connectivity index (χ2n) is 15.8. The summed E-state index contributed by atoms with van der Waals surface area (Å²) in [5, 5.41) is 12.1. The molecule has 2 atom stereocenters. The van der Waals surface area contributed by atoms with E-state index in [2.05, 4.69) is 31.8 Å². The highest BCUT2D eigenvalue weighted by Gasteiger charge is 2.33. The Morgan fingerprint density at radius 3 is 2.45 bits per heavy atom. The van der Waals surface area contributed by atoms with Gasteiger partial charge in [-0.05, 0) is 97.7 Å². The van der Waals surface area contributed by atoms with Crippen LogP contribution in [0.4, 0.5) is 0 Å². The molecule has 3 aromatic carbocycles. The number of piperazine rings is 1. The van der Waals surface area contributed by atoms with Gasteiger partial charge in [0.1, 0.15) is 53.5 Å². The molecule has 7 heterocycles. The number of para-hydroxylation sites is 1. The van der Waals surface area contributed by atoms with Crippen LogP contribution in [0.5, 0.6) is 28.9 Å². The zero-order valence-electron chi connectivity index (χ0n) is 35.8. The smallest absolute Gasteiger partial charge is 0.345 e. The SMILES string of the molecule is COc1ccccc1-c1nccc(COc2ccc3cc2C[C@H](C(=O)O)Oc2ncnc4sc(-c5ccc(Cl)o5)c(c24)-c2c(C)c(Cl)c(c(Cl)c2C)O[C@H](CN2CCN(C)CC2)CO3)n1. The topological polar surface area (TPSA) is 155 Å². The van der Waals surface area contributed by atoms with Crippen LogP contribution < -0.4 is 23.7 Å². The number of furan rings is 1. The number of hydrogen-bond acceptors (Lipinski definition) is 14. The average molecular weight is 958 g/mol. The van der Waals surface area contributed by atoms with Gasteiger partial charge in [-0.15, -0.1) is 11.3 Å². The minimum absolute atomic E-state index is 0.0280. The van der Waals surface area contributed by atoms with Gasteiger partial charge in [-0.2, -0.15) is 0 Å². The highest BCUT2D eigenvalue weighted by Crippen LogP contribution is 2.53. The number of likely N-dealkylation sites (N-methyl/N-ethyl adjacent to an activating group) is 1. The molecule has 65 heavy (non-hydrogen) atoms. The van der Waals surface area contributed by atoms with E-state index in [1.54, 1.807) is 49.7 Å². The Balaban J connectivity index is 1.16. The molecule has 10 rings (SSSR count). The normalized spacial score (nSPS) is 17.0. The van der Waals surface area contributed by atoms with Crippen molar-refractivity contribution < 1.29 is 38.0 Å². The van der Waals surface area contributed by atoms with Crippen LogP contribution in [0.1, 0.15) is 22.4 Å². The van der Waals surface area contributed by atoms with E-state index in [4.69, 9.17) is 67.9 Å². The summed E-state index contributed by atoms with van der Waals surface area (Å²) in [6, 6.07) is 17.9. The maximum absolute atomic E-state index is 13.3. The van der Waals surface area contributed by atoms with Gasteiger partial charge in [-0.1, -0.05) is 35.3 Å². The molecule has 1 N–H and O–H groups in total. The van der Waals surface area contributed by atoms with Crippen molar-refractivity contribution in [2.75, 3.05) is 53.5 Å². The molecule has 0 saturated carbocycles. The molecular formula is C47H43Cl3N6O8S. The maximum Gasteiger partial charge on any atom is 0.345 e. The number of carbonyl (C=O) groups is 1. The van der Waals surface area contributed by atoms with E-state index in [9.17, 15) is 9.90 Å². The van der Waals surface area contributed by atoms with E-state index in [0.717, 1.165) is 31.7 Å². The number of aromatic nitrogens is 4. The molecule has 4 aromatic heterocycles. The second-order valence-corrected chi connectivity index (χ2v) is 17.9. The first-order valence-electron chi connectivity index (χ1n) is 20.8. The molecule has 336 valence electrons. The number of nitrogens with zero attached hydrogens (tertiary/aromatic N) is 6. The Kier molecular flexibility index (Phi) is 13.0. The lowest BCUT2D eigenvalue weighted by atomic mass is 9.93. The van der Waals surface area contributed by atoms with Crippen LogP contribution >= 0.6 is 46.1 Å². The van der Waals surface area contributed by atoms with Crippen molar-refractivity contribution in [1.82, 2.24) is 29.7 Å². The van der Waals surface area contributed by atoms with Crippen molar-refractivity contribution in [2.45, 2.75) is 39.1 Å². The predicted octanol–water partition coefficient (Wildman–Crippen LogP) is 9.70. The third kappa shape index (κ3) is 9.26. The fourth-order valence-electron chi connectivity index (χ4n) is 8.11. The van der Waals surface area contributed by atoms with Crippen molar-refractivity contribution in [3.8, 4) is 62.0 Å². The maximum atomic E-state index is 13.3. The number of methoxy groups -OCH3 is 1. The molecule has 4 bridgehead atoms. The number of carboxylic acids is 1. The molecule has 3 aliphatic rings. The van der Waals surface area contributed by atoms with Crippen molar-refractivity contribution in [3.63, 3.8) is 0 Å². The molecule has 0 unspecified atom stereocenters. The number of carboxylic acid groups (broad SMARTS) is 1. The van der Waals surface area contributed by atoms with Gasteiger partial charge in [0.2, 0.25) is 12.0 Å². The summed E-state index contributed by atoms with van der Waals surface area (Å²) in [4.78, 5) is 37.4. The Hall–Kier alpha value is -5.68. The molecule has 0 spiro atoms. The minimum atomic E-state index is -1.46. The molecule has 0 radical (unpaired) electrons. The van der Waals surface area contributed by atoms with Crippen LogP contribution in [-0.4, -0.2) is 107 Å².